The molecule has 4 N–H and O–H groups in total. The summed E-state index contributed by atoms with van der Waals surface area (Å²) in [6, 6.07) is 0. The van der Waals surface area contributed by atoms with Gasteiger partial charge in [0.1, 0.15) is 12.2 Å². The second-order valence-corrected chi connectivity index (χ2v) is 6.11. The quantitative estimate of drug-likeness (QED) is 0.459. The molecule has 23 heavy (non-hydrogen) atoms. The molecule has 1 aliphatic heterocycles. The van der Waals surface area contributed by atoms with Crippen LogP contribution in [0.2, 0.25) is 0 Å². The van der Waals surface area contributed by atoms with E-state index in [1.54, 1.807) is 0 Å². The molecule has 1 saturated heterocycles. The van der Waals surface area contributed by atoms with Crippen LogP contribution in [-0.4, -0.2) is 49.4 Å². The van der Waals surface area contributed by atoms with Crippen molar-refractivity contribution in [2.45, 2.75) is 31.5 Å². The maximum atomic E-state index is 12.7. The lowest BCUT2D eigenvalue weighted by atomic mass is 10.1. The molecule has 1 aliphatic rings. The Morgan fingerprint density at radius 2 is 2.13 bits per heavy atom. The van der Waals surface area contributed by atoms with Gasteiger partial charge in [-0.05, 0) is 11.4 Å². The van der Waals surface area contributed by atoms with Gasteiger partial charge in [-0.25, -0.2) is 9.36 Å². The van der Waals surface area contributed by atoms with Gasteiger partial charge in [0.15, 0.2) is 12.3 Å². The highest BCUT2D eigenvalue weighted by atomic mass is 31.2. The van der Waals surface area contributed by atoms with Crippen LogP contribution in [0.3, 0.4) is 0 Å². The third-order valence-electron chi connectivity index (χ3n) is 3.24. The fourth-order valence-corrected chi connectivity index (χ4v) is 2.46. The molecule has 0 aliphatic carbocycles. The lowest BCUT2D eigenvalue weighted by Gasteiger charge is -2.18. The van der Waals surface area contributed by atoms with Gasteiger partial charge in [-0.15, -0.1) is 0 Å². The van der Waals surface area contributed by atoms with Crippen molar-refractivity contribution in [2.24, 2.45) is 0 Å². The van der Waals surface area contributed by atoms with Gasteiger partial charge in [0.05, 0.1) is 6.61 Å². The molecule has 11 nitrogen and oxygen atoms in total. The van der Waals surface area contributed by atoms with Crippen LogP contribution in [0.1, 0.15) is 11.8 Å². The number of nitrogens with one attached hydrogen (secondary N) is 1. The number of aliphatic hydroxyl groups excluding tert-OH is 1. The van der Waals surface area contributed by atoms with Crippen LogP contribution in [0.4, 0.5) is 4.53 Å². The Labute approximate surface area is 127 Å². The molecule has 1 aromatic heterocycles. The van der Waals surface area contributed by atoms with E-state index in [4.69, 9.17) is 14.5 Å². The molecular weight excluding hydrogens is 342 g/mol. The highest BCUT2D eigenvalue weighted by molar-refractivity contribution is 7.46. The van der Waals surface area contributed by atoms with Gasteiger partial charge >= 0.3 is 13.5 Å². The smallest absolute Gasteiger partial charge is 0.387 e. The first-order valence-corrected chi connectivity index (χ1v) is 7.80. The van der Waals surface area contributed by atoms with Crippen LogP contribution in [0.25, 0.3) is 0 Å². The molecule has 0 unspecified atom stereocenters. The number of hydrogen-bond donors (Lipinski definition) is 4. The van der Waals surface area contributed by atoms with Gasteiger partial charge in [-0.2, -0.15) is 4.94 Å². The first kappa shape index (κ1) is 17.9. The van der Waals surface area contributed by atoms with Gasteiger partial charge in [-0.3, -0.25) is 18.9 Å². The van der Waals surface area contributed by atoms with Gasteiger partial charge in [0.2, 0.25) is 0 Å². The predicted octanol–water partition coefficient (Wildman–Crippen LogP) is -1.52. The first-order chi connectivity index (χ1) is 10.6. The Kier molecular flexibility index (Phi) is 5.16. The summed E-state index contributed by atoms with van der Waals surface area (Å²) in [5.41, 5.74) is -1.46. The number of halogens is 1. The number of rotatable bonds is 5. The average molecular weight is 356 g/mol. The van der Waals surface area contributed by atoms with Crippen LogP contribution in [-0.2, 0) is 18.8 Å². The number of aryl methyl sites for hydroxylation is 1. The number of H-pyrrole nitrogens is 1. The second-order valence-electron chi connectivity index (χ2n) is 4.87. The number of aromatic amines is 1. The van der Waals surface area contributed by atoms with E-state index in [1.807, 2.05) is 4.98 Å². The maximum Gasteiger partial charge on any atom is 0.469 e. The minimum absolute atomic E-state index is 0.121. The number of ether oxygens (including phenoxy) is 1. The molecule has 0 aromatic carbocycles. The van der Waals surface area contributed by atoms with Gasteiger partial charge in [0, 0.05) is 11.8 Å². The summed E-state index contributed by atoms with van der Waals surface area (Å²) in [6.45, 7) is 0.624. The van der Waals surface area contributed by atoms with E-state index in [2.05, 4.69) is 9.47 Å². The zero-order valence-corrected chi connectivity index (χ0v) is 12.6. The summed E-state index contributed by atoms with van der Waals surface area (Å²) in [5.74, 6) is 0. The minimum atomic E-state index is -4.83. The van der Waals surface area contributed by atoms with Crippen molar-refractivity contribution in [1.82, 2.24) is 9.55 Å². The molecule has 0 spiro atoms. The van der Waals surface area contributed by atoms with Crippen molar-refractivity contribution in [3.8, 4) is 0 Å². The Balaban J connectivity index is 2.29. The number of nitrogens with zero attached hydrogens (tertiary/aromatic N) is 1. The van der Waals surface area contributed by atoms with Gasteiger partial charge in [-0.1, -0.05) is 0 Å². The summed E-state index contributed by atoms with van der Waals surface area (Å²) >= 11 is 0. The molecule has 13 heteroatoms. The normalized spacial score (nSPS) is 28.2. The molecule has 0 bridgehead atoms. The molecule has 4 atom stereocenters. The summed E-state index contributed by atoms with van der Waals surface area (Å²) in [5, 5.41) is 9.88. The topological polar surface area (TPSA) is 160 Å². The van der Waals surface area contributed by atoms with Crippen LogP contribution < -0.4 is 11.2 Å². The van der Waals surface area contributed by atoms with Crippen LogP contribution in [0.5, 0.6) is 0 Å². The Bertz CT molecular complexity index is 728. The van der Waals surface area contributed by atoms with Crippen LogP contribution in [0, 0.1) is 6.92 Å². The van der Waals surface area contributed by atoms with Crippen molar-refractivity contribution in [3.05, 3.63) is 32.6 Å². The van der Waals surface area contributed by atoms with Crippen molar-refractivity contribution in [3.63, 3.8) is 0 Å². The summed E-state index contributed by atoms with van der Waals surface area (Å²) < 4.78 is 33.6. The fourth-order valence-electron chi connectivity index (χ4n) is 2.12. The molecule has 1 aromatic rings. The fraction of sp³-hybridized carbons (Fsp3) is 0.600. The van der Waals surface area contributed by atoms with Crippen LogP contribution in [0.15, 0.2) is 15.8 Å². The summed E-state index contributed by atoms with van der Waals surface area (Å²) in [4.78, 5) is 45.9. The average Bonchev–Trinajstić information content (AvgIpc) is 2.76. The van der Waals surface area contributed by atoms with Gasteiger partial charge < -0.3 is 19.6 Å². The number of hydrogen-bond acceptors (Lipinski definition) is 7. The largest absolute Gasteiger partial charge is 0.469 e. The van der Waals surface area contributed by atoms with E-state index in [1.165, 1.54) is 6.92 Å². The molecule has 0 amide bonds. The lowest BCUT2D eigenvalue weighted by molar-refractivity contribution is -0.221. The van der Waals surface area contributed by atoms with E-state index in [0.29, 0.717) is 0 Å². The third-order valence-corrected chi connectivity index (χ3v) is 3.73. The monoisotopic (exact) mass is 356 g/mol. The minimum Gasteiger partial charge on any atom is -0.387 e. The van der Waals surface area contributed by atoms with E-state index in [9.17, 15) is 23.8 Å². The lowest BCUT2D eigenvalue weighted by Crippen LogP contribution is -2.39. The predicted molar refractivity (Wildman–Crippen MR) is 70.0 cm³/mol. The summed E-state index contributed by atoms with van der Waals surface area (Å²) in [6.07, 6.45) is -5.09. The molecular formula is C10H14FN2O9P. The van der Waals surface area contributed by atoms with Crippen molar-refractivity contribution in [1.29, 1.82) is 0 Å². The first-order valence-electron chi connectivity index (χ1n) is 6.27. The SMILES string of the molecule is Cc1cn([C@@H]2O[C@H](COP(=O)(O)O)[C@H](O)[C@H]2OF)c(=O)[nH]c1=O. The Morgan fingerprint density at radius 1 is 1.48 bits per heavy atom. The Hall–Kier alpha value is -1.40. The second kappa shape index (κ2) is 6.61. The number of aliphatic hydroxyl groups is 1. The molecule has 0 saturated carbocycles. The third kappa shape index (κ3) is 3.93. The van der Waals surface area contributed by atoms with Crippen molar-refractivity contribution < 1.29 is 38.2 Å². The number of phosphoric acid groups is 1. The Morgan fingerprint density at radius 3 is 2.70 bits per heavy atom. The standard InChI is InChI=1S/C10H14FN2O9P/c1-4-2-13(10(16)12-8(4)15)9-7(22-11)6(14)5(21-9)3-20-23(17,18)19/h2,5-7,9,14H,3H2,1H3,(H,12,15,16)(H2,17,18,19)/t5-,6+,7-,9-/m1/s1. The zero-order valence-electron chi connectivity index (χ0n) is 11.7. The van der Waals surface area contributed by atoms with E-state index in [0.717, 1.165) is 10.8 Å². The van der Waals surface area contributed by atoms with Crippen molar-refractivity contribution in [2.75, 3.05) is 6.61 Å². The highest BCUT2D eigenvalue weighted by Crippen LogP contribution is 2.38. The van der Waals surface area contributed by atoms with E-state index >= 15 is 0 Å². The van der Waals surface area contributed by atoms with Gasteiger partial charge in [0.25, 0.3) is 5.56 Å². The van der Waals surface area contributed by atoms with Crippen LogP contribution >= 0.6 is 7.82 Å². The molecule has 130 valence electrons. The van der Waals surface area contributed by atoms with E-state index in [-0.39, 0.29) is 5.56 Å². The summed E-state index contributed by atoms with van der Waals surface area (Å²) in [7, 11) is -4.83. The van der Waals surface area contributed by atoms with Crippen molar-refractivity contribution >= 4 is 7.82 Å². The van der Waals surface area contributed by atoms with E-state index < -0.39 is 50.2 Å². The maximum absolute atomic E-state index is 12.7. The highest BCUT2D eigenvalue weighted by Gasteiger charge is 2.47. The molecule has 2 rings (SSSR count). The zero-order chi connectivity index (χ0) is 17.4. The molecule has 0 radical (unpaired) electrons. The number of aromatic nitrogens is 2. The molecule has 2 heterocycles. The molecule has 1 fully saturated rings. The number of phosphoric ester groups is 1.